The molecule has 0 radical (unpaired) electrons. The molecule has 1 aromatic heterocycles. The van der Waals surface area contributed by atoms with Crippen LogP contribution in [0.15, 0.2) is 36.4 Å². The van der Waals surface area contributed by atoms with E-state index < -0.39 is 4.92 Å². The fourth-order valence-corrected chi connectivity index (χ4v) is 4.00. The van der Waals surface area contributed by atoms with Crippen LogP contribution in [0.4, 0.5) is 11.4 Å². The molecule has 0 bridgehead atoms. The largest absolute Gasteiger partial charge is 0.362 e. The van der Waals surface area contributed by atoms with E-state index in [1.54, 1.807) is 17.0 Å². The number of halogens is 1. The second-order valence-electron chi connectivity index (χ2n) is 7.30. The first-order chi connectivity index (χ1) is 13.8. The van der Waals surface area contributed by atoms with Crippen molar-refractivity contribution in [3.05, 3.63) is 68.4 Å². The number of piperazine rings is 1. The summed E-state index contributed by atoms with van der Waals surface area (Å²) in [5.74, 6) is -0.0181. The molecule has 1 aliphatic heterocycles. The molecule has 0 spiro atoms. The minimum absolute atomic E-state index is 0.0129. The van der Waals surface area contributed by atoms with Crippen molar-refractivity contribution in [2.45, 2.75) is 13.8 Å². The van der Waals surface area contributed by atoms with E-state index in [1.165, 1.54) is 6.07 Å². The molecule has 7 nitrogen and oxygen atoms in total. The quantitative estimate of drug-likeness (QED) is 0.513. The molecule has 0 unspecified atom stereocenters. The van der Waals surface area contributed by atoms with Crippen LogP contribution >= 0.6 is 11.6 Å². The Labute approximate surface area is 173 Å². The average Bonchev–Trinajstić information content (AvgIpc) is 3.01. The van der Waals surface area contributed by atoms with Gasteiger partial charge in [0, 0.05) is 59.4 Å². The number of hydrogen-bond acceptors (Lipinski definition) is 4. The molecule has 1 amide bonds. The molecule has 1 N–H and O–H groups in total. The number of nitrogens with zero attached hydrogens (tertiary/aromatic N) is 3. The molecule has 0 atom stereocenters. The number of carbonyl (C=O) groups is 1. The van der Waals surface area contributed by atoms with Crippen LogP contribution in [0.1, 0.15) is 21.6 Å². The monoisotopic (exact) mass is 412 g/mol. The van der Waals surface area contributed by atoms with Gasteiger partial charge in [0.05, 0.1) is 4.92 Å². The zero-order valence-corrected chi connectivity index (χ0v) is 17.0. The molecule has 0 aliphatic carbocycles. The van der Waals surface area contributed by atoms with Crippen molar-refractivity contribution in [2.24, 2.45) is 0 Å². The molecular weight excluding hydrogens is 392 g/mol. The lowest BCUT2D eigenvalue weighted by Crippen LogP contribution is -2.49. The highest BCUT2D eigenvalue weighted by Gasteiger charge is 2.26. The summed E-state index contributed by atoms with van der Waals surface area (Å²) in [7, 11) is 0. The Hall–Kier alpha value is -3.06. The lowest BCUT2D eigenvalue weighted by atomic mass is 10.1. The Kier molecular flexibility index (Phi) is 4.92. The third kappa shape index (κ3) is 3.53. The number of aromatic amines is 1. The standard InChI is InChI=1S/C21H21ClN4O3/c1-13-14(2)23-18-5-3-15(11-17(13)18)21(27)25-9-7-24(8-10-25)19-6-4-16(22)12-20(19)26(28)29/h3-6,11-12,23H,7-10H2,1-2H3. The predicted octanol–water partition coefficient (Wildman–Crippen LogP) is 4.31. The molecule has 1 fully saturated rings. The average molecular weight is 413 g/mol. The van der Waals surface area contributed by atoms with E-state index in [1.807, 2.05) is 36.9 Å². The van der Waals surface area contributed by atoms with Crippen LogP contribution < -0.4 is 4.90 Å². The summed E-state index contributed by atoms with van der Waals surface area (Å²) in [6.07, 6.45) is 0. The summed E-state index contributed by atoms with van der Waals surface area (Å²) in [5, 5.41) is 12.8. The van der Waals surface area contributed by atoms with Gasteiger partial charge in [-0.2, -0.15) is 0 Å². The fraction of sp³-hybridized carbons (Fsp3) is 0.286. The van der Waals surface area contributed by atoms with E-state index in [4.69, 9.17) is 11.6 Å². The molecule has 3 aromatic rings. The van der Waals surface area contributed by atoms with Gasteiger partial charge in [-0.3, -0.25) is 14.9 Å². The van der Waals surface area contributed by atoms with Gasteiger partial charge >= 0.3 is 0 Å². The van der Waals surface area contributed by atoms with Crippen molar-refractivity contribution in [1.29, 1.82) is 0 Å². The van der Waals surface area contributed by atoms with Gasteiger partial charge in [-0.25, -0.2) is 0 Å². The highest BCUT2D eigenvalue weighted by atomic mass is 35.5. The Balaban J connectivity index is 1.51. The number of fused-ring (bicyclic) bond motifs is 1. The number of nitro benzene ring substituents is 1. The fourth-order valence-electron chi connectivity index (χ4n) is 3.84. The Bertz CT molecular complexity index is 1120. The summed E-state index contributed by atoms with van der Waals surface area (Å²) < 4.78 is 0. The molecule has 2 heterocycles. The van der Waals surface area contributed by atoms with E-state index >= 15 is 0 Å². The number of H-pyrrole nitrogens is 1. The lowest BCUT2D eigenvalue weighted by molar-refractivity contribution is -0.384. The van der Waals surface area contributed by atoms with E-state index in [9.17, 15) is 14.9 Å². The van der Waals surface area contributed by atoms with Crippen LogP contribution in [0, 0.1) is 24.0 Å². The third-order valence-corrected chi connectivity index (χ3v) is 5.83. The van der Waals surface area contributed by atoms with Crippen molar-refractivity contribution >= 4 is 39.8 Å². The Morgan fingerprint density at radius 2 is 1.83 bits per heavy atom. The second-order valence-corrected chi connectivity index (χ2v) is 7.74. The van der Waals surface area contributed by atoms with Crippen LogP contribution in [0.3, 0.4) is 0 Å². The van der Waals surface area contributed by atoms with Crippen molar-refractivity contribution in [3.8, 4) is 0 Å². The topological polar surface area (TPSA) is 82.5 Å². The molecule has 29 heavy (non-hydrogen) atoms. The number of anilines is 1. The summed E-state index contributed by atoms with van der Waals surface area (Å²) in [6.45, 7) is 6.12. The van der Waals surface area contributed by atoms with Gasteiger partial charge in [0.2, 0.25) is 0 Å². The maximum atomic E-state index is 13.0. The molecule has 1 saturated heterocycles. The van der Waals surface area contributed by atoms with Crippen LogP contribution in [-0.4, -0.2) is 46.9 Å². The number of nitrogens with one attached hydrogen (secondary N) is 1. The first-order valence-electron chi connectivity index (χ1n) is 9.42. The summed E-state index contributed by atoms with van der Waals surface area (Å²) >= 11 is 5.91. The number of aromatic nitrogens is 1. The summed E-state index contributed by atoms with van der Waals surface area (Å²) in [6, 6.07) is 10.4. The highest BCUT2D eigenvalue weighted by Crippen LogP contribution is 2.32. The SMILES string of the molecule is Cc1[nH]c2ccc(C(=O)N3CCN(c4ccc(Cl)cc4[N+](=O)[O-])CC3)cc2c1C. The second kappa shape index (κ2) is 7.40. The number of carbonyl (C=O) groups excluding carboxylic acids is 1. The highest BCUT2D eigenvalue weighted by molar-refractivity contribution is 6.30. The zero-order chi connectivity index (χ0) is 20.7. The zero-order valence-electron chi connectivity index (χ0n) is 16.2. The smallest absolute Gasteiger partial charge is 0.294 e. The molecule has 1 aliphatic rings. The maximum Gasteiger partial charge on any atom is 0.294 e. The van der Waals surface area contributed by atoms with Crippen molar-refractivity contribution in [3.63, 3.8) is 0 Å². The van der Waals surface area contributed by atoms with E-state index in [0.717, 1.165) is 22.2 Å². The molecule has 150 valence electrons. The third-order valence-electron chi connectivity index (χ3n) is 5.60. The number of hydrogen-bond donors (Lipinski definition) is 1. The van der Waals surface area contributed by atoms with Crippen LogP contribution in [0.5, 0.6) is 0 Å². The molecule has 2 aromatic carbocycles. The summed E-state index contributed by atoms with van der Waals surface area (Å²) in [5.41, 5.74) is 4.45. The van der Waals surface area contributed by atoms with Crippen LogP contribution in [-0.2, 0) is 0 Å². The van der Waals surface area contributed by atoms with Gasteiger partial charge in [-0.1, -0.05) is 11.6 Å². The molecule has 8 heteroatoms. The van der Waals surface area contributed by atoms with Gasteiger partial charge in [-0.05, 0) is 49.7 Å². The summed E-state index contributed by atoms with van der Waals surface area (Å²) in [4.78, 5) is 31.0. The predicted molar refractivity (Wildman–Crippen MR) is 114 cm³/mol. The molecule has 0 saturated carbocycles. The first-order valence-corrected chi connectivity index (χ1v) is 9.80. The molecular formula is C21H21ClN4O3. The number of aryl methyl sites for hydroxylation is 2. The van der Waals surface area contributed by atoms with E-state index in [0.29, 0.717) is 42.5 Å². The van der Waals surface area contributed by atoms with Crippen molar-refractivity contribution in [2.75, 3.05) is 31.1 Å². The maximum absolute atomic E-state index is 13.0. The van der Waals surface area contributed by atoms with Crippen molar-refractivity contribution in [1.82, 2.24) is 9.88 Å². The first kappa shape index (κ1) is 19.3. The van der Waals surface area contributed by atoms with Gasteiger partial charge < -0.3 is 14.8 Å². The lowest BCUT2D eigenvalue weighted by Gasteiger charge is -2.35. The van der Waals surface area contributed by atoms with Crippen LogP contribution in [0.2, 0.25) is 5.02 Å². The number of rotatable bonds is 3. The number of amides is 1. The Morgan fingerprint density at radius 1 is 1.10 bits per heavy atom. The normalized spacial score (nSPS) is 14.4. The van der Waals surface area contributed by atoms with E-state index in [2.05, 4.69) is 4.98 Å². The van der Waals surface area contributed by atoms with Gasteiger partial charge in [-0.15, -0.1) is 0 Å². The van der Waals surface area contributed by atoms with Gasteiger partial charge in [0.15, 0.2) is 0 Å². The van der Waals surface area contributed by atoms with Crippen molar-refractivity contribution < 1.29 is 9.72 Å². The molecule has 4 rings (SSSR count). The number of benzene rings is 2. The minimum Gasteiger partial charge on any atom is -0.362 e. The van der Waals surface area contributed by atoms with Crippen LogP contribution in [0.25, 0.3) is 10.9 Å². The van der Waals surface area contributed by atoms with Gasteiger partial charge in [0.1, 0.15) is 5.69 Å². The van der Waals surface area contributed by atoms with Gasteiger partial charge in [0.25, 0.3) is 11.6 Å². The Morgan fingerprint density at radius 3 is 2.52 bits per heavy atom. The number of nitro groups is 1. The van der Waals surface area contributed by atoms with E-state index in [-0.39, 0.29) is 11.6 Å². The minimum atomic E-state index is -0.421.